The van der Waals surface area contributed by atoms with Crippen LogP contribution in [0, 0.1) is 0 Å². The van der Waals surface area contributed by atoms with Gasteiger partial charge in [-0.15, -0.1) is 0 Å². The molecule has 0 aliphatic rings. The average molecular weight is 195 g/mol. The van der Waals surface area contributed by atoms with E-state index in [4.69, 9.17) is 0 Å². The molecule has 0 spiro atoms. The minimum Gasteiger partial charge on any atom is -0.469 e. The third-order valence-electron chi connectivity index (χ3n) is 1.30. The Morgan fingerprint density at radius 1 is 1.50 bits per heavy atom. The van der Waals surface area contributed by atoms with Crippen molar-refractivity contribution in [2.45, 2.75) is 26.7 Å². The third kappa shape index (κ3) is 6.17. The highest BCUT2D eigenvalue weighted by Crippen LogP contribution is 1.97. The Bertz CT molecular complexity index is 247. The quantitative estimate of drug-likeness (QED) is 0.679. The number of rotatable bonds is 2. The van der Waals surface area contributed by atoms with Crippen LogP contribution >= 0.6 is 0 Å². The minimum atomic E-state index is -0.238. The highest BCUT2D eigenvalue weighted by atomic mass is 16.5. The van der Waals surface area contributed by atoms with Gasteiger partial charge in [-0.3, -0.25) is 9.78 Å². The number of pyridine rings is 1. The lowest BCUT2D eigenvalue weighted by atomic mass is 10.2. The van der Waals surface area contributed by atoms with Crippen LogP contribution in [0.15, 0.2) is 24.5 Å². The maximum Gasteiger partial charge on any atom is 0.310 e. The van der Waals surface area contributed by atoms with Crippen LogP contribution in [-0.4, -0.2) is 18.1 Å². The first-order valence-corrected chi connectivity index (χ1v) is 4.70. The smallest absolute Gasteiger partial charge is 0.310 e. The van der Waals surface area contributed by atoms with Gasteiger partial charge in [0, 0.05) is 12.4 Å². The molecule has 0 atom stereocenters. The van der Waals surface area contributed by atoms with E-state index in [1.165, 1.54) is 13.5 Å². The molecule has 78 valence electrons. The largest absolute Gasteiger partial charge is 0.469 e. The zero-order valence-corrected chi connectivity index (χ0v) is 8.99. The van der Waals surface area contributed by atoms with Gasteiger partial charge in [0.1, 0.15) is 0 Å². The summed E-state index contributed by atoms with van der Waals surface area (Å²) in [5.74, 6) is -0.238. The van der Waals surface area contributed by atoms with Gasteiger partial charge >= 0.3 is 5.97 Å². The van der Waals surface area contributed by atoms with E-state index in [0.717, 1.165) is 5.56 Å². The number of esters is 1. The van der Waals surface area contributed by atoms with Gasteiger partial charge < -0.3 is 4.74 Å². The summed E-state index contributed by atoms with van der Waals surface area (Å²) in [6, 6.07) is 3.63. The topological polar surface area (TPSA) is 39.2 Å². The Kier molecular flexibility index (Phi) is 7.42. The highest BCUT2D eigenvalue weighted by molar-refractivity contribution is 5.72. The first-order valence-electron chi connectivity index (χ1n) is 4.70. The molecule has 1 heterocycles. The molecule has 1 aromatic rings. The van der Waals surface area contributed by atoms with E-state index in [9.17, 15) is 4.79 Å². The van der Waals surface area contributed by atoms with Crippen molar-refractivity contribution < 1.29 is 9.53 Å². The van der Waals surface area contributed by atoms with Crippen LogP contribution in [0.1, 0.15) is 25.8 Å². The number of hydrogen-bond acceptors (Lipinski definition) is 3. The van der Waals surface area contributed by atoms with E-state index in [-0.39, 0.29) is 5.97 Å². The molecule has 1 rings (SSSR count). The molecule has 0 amide bonds. The first kappa shape index (κ1) is 12.6. The van der Waals surface area contributed by atoms with Crippen molar-refractivity contribution in [3.05, 3.63) is 30.1 Å². The molecule has 0 aromatic carbocycles. The summed E-state index contributed by atoms with van der Waals surface area (Å²) in [4.78, 5) is 14.6. The van der Waals surface area contributed by atoms with Crippen molar-refractivity contribution >= 4 is 5.97 Å². The summed E-state index contributed by atoms with van der Waals surface area (Å²) in [7, 11) is 1.37. The number of methoxy groups -OCH3 is 1. The summed E-state index contributed by atoms with van der Waals surface area (Å²) in [5, 5.41) is 0. The van der Waals surface area contributed by atoms with Crippen LogP contribution in [-0.2, 0) is 16.0 Å². The van der Waals surface area contributed by atoms with E-state index in [2.05, 4.69) is 23.6 Å². The molecule has 0 N–H and O–H groups in total. The molecule has 0 radical (unpaired) electrons. The van der Waals surface area contributed by atoms with Gasteiger partial charge in [-0.1, -0.05) is 26.3 Å². The van der Waals surface area contributed by atoms with Crippen LogP contribution in [0.25, 0.3) is 0 Å². The maximum atomic E-state index is 10.7. The molecule has 1 aromatic heterocycles. The highest BCUT2D eigenvalue weighted by Gasteiger charge is 2.00. The molecule has 3 heteroatoms. The second kappa shape index (κ2) is 8.23. The molecular formula is C11H17NO2. The predicted octanol–water partition coefficient (Wildman–Crippen LogP) is 2.21. The number of nitrogens with zero attached hydrogens (tertiary/aromatic N) is 1. The summed E-state index contributed by atoms with van der Waals surface area (Å²) in [6.45, 7) is 4.25. The van der Waals surface area contributed by atoms with E-state index < -0.39 is 0 Å². The number of ether oxygens (including phenoxy) is 1. The third-order valence-corrected chi connectivity index (χ3v) is 1.30. The Hall–Kier alpha value is -1.38. The summed E-state index contributed by atoms with van der Waals surface area (Å²) in [5.41, 5.74) is 0.874. The number of carbonyl (C=O) groups excluding carboxylic acids is 1. The van der Waals surface area contributed by atoms with Crippen LogP contribution < -0.4 is 0 Å². The second-order valence-electron chi connectivity index (χ2n) is 2.82. The van der Waals surface area contributed by atoms with Gasteiger partial charge in [0.25, 0.3) is 0 Å². The fourth-order valence-electron chi connectivity index (χ4n) is 0.742. The van der Waals surface area contributed by atoms with Crippen molar-refractivity contribution in [1.29, 1.82) is 0 Å². The van der Waals surface area contributed by atoms with Crippen molar-refractivity contribution in [3.63, 3.8) is 0 Å². The second-order valence-corrected chi connectivity index (χ2v) is 2.82. The van der Waals surface area contributed by atoms with Crippen LogP contribution in [0.2, 0.25) is 0 Å². The molecule has 3 nitrogen and oxygen atoms in total. The molecule has 14 heavy (non-hydrogen) atoms. The average Bonchev–Trinajstić information content (AvgIpc) is 2.20. The van der Waals surface area contributed by atoms with Crippen molar-refractivity contribution in [1.82, 2.24) is 4.98 Å². The lowest BCUT2D eigenvalue weighted by Gasteiger charge is -1.96. The normalized spacial score (nSPS) is 8.50. The number of aromatic nitrogens is 1. The fraction of sp³-hybridized carbons (Fsp3) is 0.455. The van der Waals surface area contributed by atoms with Gasteiger partial charge in [-0.25, -0.2) is 0 Å². The molecular weight excluding hydrogens is 178 g/mol. The van der Waals surface area contributed by atoms with Crippen LogP contribution in [0.4, 0.5) is 0 Å². The van der Waals surface area contributed by atoms with Gasteiger partial charge in [0.15, 0.2) is 0 Å². The lowest BCUT2D eigenvalue weighted by molar-refractivity contribution is -0.139. The zero-order chi connectivity index (χ0) is 10.8. The van der Waals surface area contributed by atoms with Gasteiger partial charge in [0.2, 0.25) is 0 Å². The van der Waals surface area contributed by atoms with Crippen molar-refractivity contribution in [2.75, 3.05) is 7.11 Å². The monoisotopic (exact) mass is 195 g/mol. The maximum absolute atomic E-state index is 10.7. The van der Waals surface area contributed by atoms with E-state index in [0.29, 0.717) is 6.42 Å². The fourth-order valence-corrected chi connectivity index (χ4v) is 0.742. The standard InChI is InChI=1S/C8H9NO2.C3H8/c1-11-8(10)5-7-3-2-4-9-6-7;1-3-2/h2-4,6H,5H2,1H3;3H2,1-2H3. The summed E-state index contributed by atoms with van der Waals surface area (Å²) >= 11 is 0. The molecule has 0 saturated carbocycles. The van der Waals surface area contributed by atoms with Gasteiger partial charge in [0.05, 0.1) is 13.5 Å². The van der Waals surface area contributed by atoms with Gasteiger partial charge in [-0.05, 0) is 11.6 Å². The molecule has 0 saturated heterocycles. The SMILES string of the molecule is CCC.COC(=O)Cc1cccnc1. The van der Waals surface area contributed by atoms with Crippen LogP contribution in [0.5, 0.6) is 0 Å². The number of carbonyl (C=O) groups is 1. The predicted molar refractivity (Wildman–Crippen MR) is 55.9 cm³/mol. The van der Waals surface area contributed by atoms with Crippen LogP contribution in [0.3, 0.4) is 0 Å². The Balaban J connectivity index is 0.000000500. The van der Waals surface area contributed by atoms with E-state index in [1.807, 2.05) is 6.07 Å². The molecule has 0 bridgehead atoms. The molecule has 0 aliphatic heterocycles. The molecule has 0 fully saturated rings. The number of hydrogen-bond donors (Lipinski definition) is 0. The Labute approximate surface area is 85.1 Å². The summed E-state index contributed by atoms with van der Waals surface area (Å²) in [6.07, 6.45) is 4.86. The molecule has 0 unspecified atom stereocenters. The zero-order valence-electron chi connectivity index (χ0n) is 8.99. The molecule has 0 aliphatic carbocycles. The van der Waals surface area contributed by atoms with E-state index in [1.54, 1.807) is 18.5 Å². The van der Waals surface area contributed by atoms with Crippen molar-refractivity contribution in [3.8, 4) is 0 Å². The van der Waals surface area contributed by atoms with E-state index >= 15 is 0 Å². The van der Waals surface area contributed by atoms with Gasteiger partial charge in [-0.2, -0.15) is 0 Å². The first-order chi connectivity index (χ1) is 6.74. The Morgan fingerprint density at radius 2 is 2.14 bits per heavy atom. The Morgan fingerprint density at radius 3 is 2.57 bits per heavy atom. The summed E-state index contributed by atoms with van der Waals surface area (Å²) < 4.78 is 4.49. The lowest BCUT2D eigenvalue weighted by Crippen LogP contribution is -2.04. The van der Waals surface area contributed by atoms with Crippen molar-refractivity contribution in [2.24, 2.45) is 0 Å². The minimum absolute atomic E-state index is 0.238.